The van der Waals surface area contributed by atoms with Crippen LogP contribution in [0.25, 0.3) is 45.6 Å². The number of hydrogen-bond donors (Lipinski definition) is 8. The summed E-state index contributed by atoms with van der Waals surface area (Å²) in [6, 6.07) is 62.5. The molecule has 0 aliphatic heterocycles. The fourth-order valence-electron chi connectivity index (χ4n) is 8.36. The van der Waals surface area contributed by atoms with Gasteiger partial charge >= 0.3 is 0 Å². The minimum Gasteiger partial charge on any atom is -0.368 e. The molecule has 12 rings (SSSR count). The first-order chi connectivity index (χ1) is 42.8. The van der Waals surface area contributed by atoms with Crippen LogP contribution in [-0.2, 0) is 0 Å². The van der Waals surface area contributed by atoms with Gasteiger partial charge in [0.1, 0.15) is 0 Å². The van der Waals surface area contributed by atoms with Crippen LogP contribution in [0.15, 0.2) is 218 Å². The van der Waals surface area contributed by atoms with Crippen LogP contribution in [0.5, 0.6) is 0 Å². The number of nitrogens with zero attached hydrogens (tertiary/aromatic N) is 12. The molecule has 0 radical (unpaired) electrons. The molecular formula is C62H50BrClN20S4. The Bertz CT molecular complexity index is 3910. The molecule has 0 saturated carbocycles. The minimum atomic E-state index is 0.0986. The van der Waals surface area contributed by atoms with Gasteiger partial charge in [0.2, 0.25) is 47.6 Å². The monoisotopic (exact) mass is 1320 g/mol. The van der Waals surface area contributed by atoms with E-state index in [0.717, 1.165) is 80.2 Å². The number of halogens is 2. The van der Waals surface area contributed by atoms with Crippen LogP contribution in [0.3, 0.4) is 0 Å². The number of aryl methyl sites for hydroxylation is 2. The molecule has 26 heteroatoms. The van der Waals surface area contributed by atoms with E-state index in [1.54, 1.807) is 55.3 Å². The molecule has 0 unspecified atom stereocenters. The Labute approximate surface area is 534 Å². The number of hydrogen-bond acceptors (Lipinski definition) is 24. The van der Waals surface area contributed by atoms with Gasteiger partial charge in [0.15, 0.2) is 23.3 Å². The van der Waals surface area contributed by atoms with Crippen LogP contribution in [-0.4, -0.2) is 59.8 Å². The van der Waals surface area contributed by atoms with Crippen molar-refractivity contribution in [2.24, 2.45) is 0 Å². The van der Waals surface area contributed by atoms with Crippen molar-refractivity contribution >= 4 is 141 Å². The van der Waals surface area contributed by atoms with E-state index in [0.29, 0.717) is 52.1 Å². The second-order valence-electron chi connectivity index (χ2n) is 18.9. The van der Waals surface area contributed by atoms with Crippen molar-refractivity contribution in [2.75, 3.05) is 44.2 Å². The number of anilines is 12. The summed E-state index contributed by atoms with van der Waals surface area (Å²) in [5, 5.41) is 13.8. The van der Waals surface area contributed by atoms with Gasteiger partial charge in [-0.2, -0.15) is 59.8 Å². The van der Waals surface area contributed by atoms with E-state index in [1.807, 2.05) is 196 Å². The fourth-order valence-corrected chi connectivity index (χ4v) is 13.5. The first-order valence-electron chi connectivity index (χ1n) is 26.6. The number of nitrogen functional groups attached to an aromatic ring is 4. The summed E-state index contributed by atoms with van der Waals surface area (Å²) in [5.41, 5.74) is 33.0. The lowest BCUT2D eigenvalue weighted by Crippen LogP contribution is -2.05. The van der Waals surface area contributed by atoms with E-state index < -0.39 is 0 Å². The normalized spacial score (nSPS) is 10.9. The third-order valence-electron chi connectivity index (χ3n) is 12.3. The van der Waals surface area contributed by atoms with Gasteiger partial charge in [-0.3, -0.25) is 0 Å². The van der Waals surface area contributed by atoms with E-state index in [4.69, 9.17) is 34.5 Å². The zero-order valence-electron chi connectivity index (χ0n) is 46.5. The fraction of sp³-hybridized carbons (Fsp3) is 0.0323. The van der Waals surface area contributed by atoms with Crippen molar-refractivity contribution in [3.63, 3.8) is 0 Å². The zero-order chi connectivity index (χ0) is 60.9. The smallest absolute Gasteiger partial charge is 0.232 e. The molecule has 0 bridgehead atoms. The highest BCUT2D eigenvalue weighted by atomic mass is 79.9. The number of benzene rings is 8. The Morgan fingerprint density at radius 2 is 0.602 bits per heavy atom. The van der Waals surface area contributed by atoms with Crippen molar-refractivity contribution < 1.29 is 0 Å². The first kappa shape index (κ1) is 60.1. The third-order valence-corrected chi connectivity index (χ3v) is 18.0. The SMILES string of the molecule is Cc1cccc(-c2nc(N)nc(Nc3ccccc3SSc3ccccc3Nc3nc(N)nc(-c4cccc(Br)c4)n3)n2)c1.Cc1cccc(-c2nc(N)nc(Nc3ccccc3SSc3ccccc3Nc3nc(N)nc(-c4cccc(Cl)c4)n3)n2)c1. The summed E-state index contributed by atoms with van der Waals surface area (Å²) in [5.74, 6) is 3.80. The molecule has 436 valence electrons. The van der Waals surface area contributed by atoms with Gasteiger partial charge in [0.05, 0.1) is 22.7 Å². The van der Waals surface area contributed by atoms with Crippen molar-refractivity contribution in [1.82, 2.24) is 59.8 Å². The van der Waals surface area contributed by atoms with Crippen LogP contribution < -0.4 is 44.2 Å². The lowest BCUT2D eigenvalue weighted by atomic mass is 10.1. The van der Waals surface area contributed by atoms with Gasteiger partial charge < -0.3 is 44.2 Å². The number of nitrogens with one attached hydrogen (secondary N) is 4. The summed E-state index contributed by atoms with van der Waals surface area (Å²) < 4.78 is 0.919. The predicted octanol–water partition coefficient (Wildman–Crippen LogP) is 15.7. The van der Waals surface area contributed by atoms with Gasteiger partial charge in [0, 0.05) is 51.3 Å². The largest absolute Gasteiger partial charge is 0.368 e. The maximum Gasteiger partial charge on any atom is 0.232 e. The van der Waals surface area contributed by atoms with E-state index in [1.165, 1.54) is 0 Å². The van der Waals surface area contributed by atoms with E-state index in [-0.39, 0.29) is 23.8 Å². The molecule has 4 heterocycles. The molecule has 4 aromatic heterocycles. The maximum absolute atomic E-state index is 6.17. The molecule has 12 N–H and O–H groups in total. The number of nitrogens with two attached hydrogens (primary N) is 4. The van der Waals surface area contributed by atoms with Crippen LogP contribution in [0.2, 0.25) is 5.02 Å². The lowest BCUT2D eigenvalue weighted by molar-refractivity contribution is 1.07. The van der Waals surface area contributed by atoms with Crippen molar-refractivity contribution in [3.05, 3.63) is 215 Å². The van der Waals surface area contributed by atoms with Crippen LogP contribution >= 0.6 is 70.7 Å². The topological polar surface area (TPSA) is 307 Å². The highest BCUT2D eigenvalue weighted by Crippen LogP contribution is 2.46. The number of aromatic nitrogens is 12. The molecule has 0 fully saturated rings. The van der Waals surface area contributed by atoms with Gasteiger partial charge in [-0.1, -0.05) is 191 Å². The summed E-state index contributed by atoms with van der Waals surface area (Å²) in [6.45, 7) is 4.04. The summed E-state index contributed by atoms with van der Waals surface area (Å²) in [7, 11) is 6.31. The molecule has 88 heavy (non-hydrogen) atoms. The van der Waals surface area contributed by atoms with Crippen molar-refractivity contribution in [2.45, 2.75) is 33.4 Å². The average Bonchev–Trinajstić information content (AvgIpc) is 3.01. The Morgan fingerprint density at radius 3 is 0.909 bits per heavy atom. The molecular weight excluding hydrogens is 1270 g/mol. The molecule has 8 aromatic carbocycles. The van der Waals surface area contributed by atoms with E-state index in [2.05, 4.69) is 97.0 Å². The molecule has 0 saturated heterocycles. The Hall–Kier alpha value is -9.63. The first-order valence-corrected chi connectivity index (χ1v) is 32.1. The van der Waals surface area contributed by atoms with Crippen LogP contribution in [0, 0.1) is 13.8 Å². The van der Waals surface area contributed by atoms with E-state index >= 15 is 0 Å². The lowest BCUT2D eigenvalue weighted by Gasteiger charge is -2.13. The highest BCUT2D eigenvalue weighted by Gasteiger charge is 2.17. The zero-order valence-corrected chi connectivity index (χ0v) is 52.1. The number of para-hydroxylation sites is 4. The quantitative estimate of drug-likeness (QED) is 0.0370. The Morgan fingerprint density at radius 1 is 0.318 bits per heavy atom. The summed E-state index contributed by atoms with van der Waals surface area (Å²) in [4.78, 5) is 56.8. The van der Waals surface area contributed by atoms with Crippen LogP contribution in [0.4, 0.5) is 70.3 Å². The highest BCUT2D eigenvalue weighted by molar-refractivity contribution is 9.10. The summed E-state index contributed by atoms with van der Waals surface area (Å²) >= 11 is 9.66. The second kappa shape index (κ2) is 28.3. The number of rotatable bonds is 18. The van der Waals surface area contributed by atoms with Gasteiger partial charge in [-0.15, -0.1) is 0 Å². The third kappa shape index (κ3) is 16.1. The van der Waals surface area contributed by atoms with Gasteiger partial charge in [-0.05, 0) is 98.8 Å². The van der Waals surface area contributed by atoms with Crippen molar-refractivity contribution in [3.8, 4) is 45.6 Å². The second-order valence-corrected chi connectivity index (χ2v) is 24.7. The van der Waals surface area contributed by atoms with Crippen molar-refractivity contribution in [1.29, 1.82) is 0 Å². The van der Waals surface area contributed by atoms with Gasteiger partial charge in [0.25, 0.3) is 0 Å². The van der Waals surface area contributed by atoms with Crippen LogP contribution in [0.1, 0.15) is 11.1 Å². The molecule has 0 aliphatic carbocycles. The molecule has 0 atom stereocenters. The summed E-state index contributed by atoms with van der Waals surface area (Å²) in [6.07, 6.45) is 0. The molecule has 20 nitrogen and oxygen atoms in total. The minimum absolute atomic E-state index is 0.0986. The Kier molecular flexibility index (Phi) is 19.3. The average molecular weight is 1320 g/mol. The maximum atomic E-state index is 6.17. The molecule has 0 amide bonds. The van der Waals surface area contributed by atoms with E-state index in [9.17, 15) is 0 Å². The molecule has 0 aliphatic rings. The molecule has 0 spiro atoms. The van der Waals surface area contributed by atoms with Gasteiger partial charge in [-0.25, -0.2) is 0 Å². The molecule has 12 aromatic rings. The predicted molar refractivity (Wildman–Crippen MR) is 363 cm³/mol. The Balaban J connectivity index is 0.000000182. The standard InChI is InChI=1S/C31H25BrN10S2.C31H25ClN10S2/c2*1-18-8-6-9-19(16-18)26-37-28(33)41-30(39-26)35-22-12-2-4-14-24(22)43-44-25-15-5-3-13-23(25)36-31-40-27(38-29(34)42-31)20-10-7-11-21(32)17-20/h2*2-17H,1H3,(H3,33,35,37,39,41)(H3,34,36,38,40,42).